The summed E-state index contributed by atoms with van der Waals surface area (Å²) >= 11 is 0. The van der Waals surface area contributed by atoms with Crippen molar-refractivity contribution in [2.24, 2.45) is 5.92 Å². The maximum atomic E-state index is 11.8. The summed E-state index contributed by atoms with van der Waals surface area (Å²) in [6.45, 7) is 3.07. The normalized spacial score (nSPS) is 26.2. The van der Waals surface area contributed by atoms with Gasteiger partial charge in [0.25, 0.3) is 0 Å². The number of nitrogens with zero attached hydrogens (tertiary/aromatic N) is 1. The second-order valence-corrected chi connectivity index (χ2v) is 4.04. The van der Waals surface area contributed by atoms with Crippen LogP contribution >= 0.6 is 0 Å². The Kier molecular flexibility index (Phi) is 3.01. The standard InChI is InChI=1S/C10H15N3O2/c1-7-2-3-11-9(4-7)10(14)13-8-5-12-15-6-8/h5-7,9,11H,2-4H2,1H3,(H,13,14). The topological polar surface area (TPSA) is 67.2 Å². The van der Waals surface area contributed by atoms with Crippen molar-refractivity contribution in [3.05, 3.63) is 12.5 Å². The number of aromatic nitrogens is 1. The first kappa shape index (κ1) is 10.2. The molecule has 2 N–H and O–H groups in total. The van der Waals surface area contributed by atoms with E-state index >= 15 is 0 Å². The molecule has 1 aromatic rings. The lowest BCUT2D eigenvalue weighted by Crippen LogP contribution is -2.45. The zero-order chi connectivity index (χ0) is 10.7. The van der Waals surface area contributed by atoms with E-state index in [4.69, 9.17) is 0 Å². The molecule has 15 heavy (non-hydrogen) atoms. The molecule has 2 heterocycles. The van der Waals surface area contributed by atoms with Crippen LogP contribution in [0.2, 0.25) is 0 Å². The number of carbonyl (C=O) groups is 1. The van der Waals surface area contributed by atoms with E-state index in [1.54, 1.807) is 0 Å². The number of carbonyl (C=O) groups excluding carboxylic acids is 1. The summed E-state index contributed by atoms with van der Waals surface area (Å²) in [6.07, 6.45) is 4.93. The van der Waals surface area contributed by atoms with Crippen LogP contribution in [0.3, 0.4) is 0 Å². The second kappa shape index (κ2) is 4.44. The van der Waals surface area contributed by atoms with Crippen molar-refractivity contribution in [3.63, 3.8) is 0 Å². The molecule has 0 spiro atoms. The zero-order valence-corrected chi connectivity index (χ0v) is 8.69. The van der Waals surface area contributed by atoms with Gasteiger partial charge in [0.15, 0.2) is 0 Å². The molecule has 1 saturated heterocycles. The molecule has 1 aliphatic heterocycles. The molecule has 1 amide bonds. The van der Waals surface area contributed by atoms with Gasteiger partial charge in [-0.2, -0.15) is 0 Å². The number of hydrogen-bond donors (Lipinski definition) is 2. The molecule has 5 nitrogen and oxygen atoms in total. The third-order valence-electron chi connectivity index (χ3n) is 2.68. The Bertz CT molecular complexity index is 323. The maximum absolute atomic E-state index is 11.8. The predicted octanol–water partition coefficient (Wildman–Crippen LogP) is 1.00. The lowest BCUT2D eigenvalue weighted by Gasteiger charge is -2.26. The van der Waals surface area contributed by atoms with Crippen molar-refractivity contribution in [2.45, 2.75) is 25.8 Å². The SMILES string of the molecule is CC1CCNC(C(=O)Nc2cnoc2)C1. The van der Waals surface area contributed by atoms with Crippen molar-refractivity contribution in [1.29, 1.82) is 0 Å². The Morgan fingerprint density at radius 2 is 2.60 bits per heavy atom. The first-order valence-electron chi connectivity index (χ1n) is 5.19. The first-order chi connectivity index (χ1) is 7.25. The fourth-order valence-corrected chi connectivity index (χ4v) is 1.80. The van der Waals surface area contributed by atoms with Gasteiger partial charge in [-0.15, -0.1) is 0 Å². The van der Waals surface area contributed by atoms with E-state index in [0.717, 1.165) is 19.4 Å². The summed E-state index contributed by atoms with van der Waals surface area (Å²) in [5.41, 5.74) is 0.611. The number of anilines is 1. The summed E-state index contributed by atoms with van der Waals surface area (Å²) in [4.78, 5) is 11.8. The molecular weight excluding hydrogens is 194 g/mol. The van der Waals surface area contributed by atoms with E-state index in [1.165, 1.54) is 12.5 Å². The molecule has 0 radical (unpaired) electrons. The van der Waals surface area contributed by atoms with Gasteiger partial charge in [-0.25, -0.2) is 0 Å². The Morgan fingerprint density at radius 3 is 3.27 bits per heavy atom. The van der Waals surface area contributed by atoms with Gasteiger partial charge in [-0.3, -0.25) is 4.79 Å². The molecule has 5 heteroatoms. The van der Waals surface area contributed by atoms with Crippen molar-refractivity contribution < 1.29 is 9.32 Å². The summed E-state index contributed by atoms with van der Waals surface area (Å²) < 4.78 is 4.64. The van der Waals surface area contributed by atoms with Crippen LogP contribution in [-0.2, 0) is 4.79 Å². The minimum absolute atomic E-state index is 0.00949. The number of hydrogen-bond acceptors (Lipinski definition) is 4. The van der Waals surface area contributed by atoms with Gasteiger partial charge in [-0.1, -0.05) is 12.1 Å². The van der Waals surface area contributed by atoms with E-state index in [2.05, 4.69) is 27.2 Å². The van der Waals surface area contributed by atoms with Crippen LogP contribution in [0.1, 0.15) is 19.8 Å². The molecule has 2 unspecified atom stereocenters. The van der Waals surface area contributed by atoms with Crippen LogP contribution in [0, 0.1) is 5.92 Å². The predicted molar refractivity (Wildman–Crippen MR) is 55.3 cm³/mol. The van der Waals surface area contributed by atoms with E-state index in [0.29, 0.717) is 11.6 Å². The molecule has 1 fully saturated rings. The molecule has 0 aliphatic carbocycles. The smallest absolute Gasteiger partial charge is 0.241 e. The van der Waals surface area contributed by atoms with Crippen LogP contribution in [0.5, 0.6) is 0 Å². The Balaban J connectivity index is 1.90. The van der Waals surface area contributed by atoms with Gasteiger partial charge >= 0.3 is 0 Å². The average molecular weight is 209 g/mol. The van der Waals surface area contributed by atoms with Crippen molar-refractivity contribution in [1.82, 2.24) is 10.5 Å². The third-order valence-corrected chi connectivity index (χ3v) is 2.68. The summed E-state index contributed by atoms with van der Waals surface area (Å²) in [5.74, 6) is 0.592. The van der Waals surface area contributed by atoms with Gasteiger partial charge < -0.3 is 15.2 Å². The minimum atomic E-state index is -0.0938. The van der Waals surface area contributed by atoms with Crippen molar-refractivity contribution in [2.75, 3.05) is 11.9 Å². The minimum Gasteiger partial charge on any atom is -0.363 e. The molecule has 1 aromatic heterocycles. The Morgan fingerprint density at radius 1 is 1.73 bits per heavy atom. The van der Waals surface area contributed by atoms with Crippen LogP contribution in [0.25, 0.3) is 0 Å². The van der Waals surface area contributed by atoms with Gasteiger partial charge in [0.2, 0.25) is 5.91 Å². The molecule has 0 saturated carbocycles. The molecule has 82 valence electrons. The Hall–Kier alpha value is -1.36. The maximum Gasteiger partial charge on any atom is 0.241 e. The van der Waals surface area contributed by atoms with Crippen LogP contribution in [0.4, 0.5) is 5.69 Å². The monoisotopic (exact) mass is 209 g/mol. The van der Waals surface area contributed by atoms with Gasteiger partial charge in [-0.05, 0) is 25.3 Å². The Labute approximate surface area is 88.2 Å². The van der Waals surface area contributed by atoms with Crippen LogP contribution in [0.15, 0.2) is 17.0 Å². The highest BCUT2D eigenvalue weighted by Gasteiger charge is 2.24. The second-order valence-electron chi connectivity index (χ2n) is 4.04. The highest BCUT2D eigenvalue weighted by molar-refractivity contribution is 5.94. The summed E-state index contributed by atoms with van der Waals surface area (Å²) in [7, 11) is 0. The highest BCUT2D eigenvalue weighted by atomic mass is 16.5. The fourth-order valence-electron chi connectivity index (χ4n) is 1.80. The zero-order valence-electron chi connectivity index (χ0n) is 8.69. The largest absolute Gasteiger partial charge is 0.363 e. The van der Waals surface area contributed by atoms with Gasteiger partial charge in [0.1, 0.15) is 12.0 Å². The number of piperidine rings is 1. The molecule has 1 aliphatic rings. The molecule has 0 aromatic carbocycles. The lowest BCUT2D eigenvalue weighted by atomic mass is 9.94. The van der Waals surface area contributed by atoms with Crippen molar-refractivity contribution >= 4 is 11.6 Å². The number of nitrogens with one attached hydrogen (secondary N) is 2. The van der Waals surface area contributed by atoms with Gasteiger partial charge in [0, 0.05) is 0 Å². The number of amides is 1. The van der Waals surface area contributed by atoms with E-state index in [9.17, 15) is 4.79 Å². The molecule has 2 rings (SSSR count). The number of rotatable bonds is 2. The fraction of sp³-hybridized carbons (Fsp3) is 0.600. The van der Waals surface area contributed by atoms with Crippen molar-refractivity contribution in [3.8, 4) is 0 Å². The summed E-state index contributed by atoms with van der Waals surface area (Å²) in [6, 6.07) is -0.0938. The van der Waals surface area contributed by atoms with Crippen LogP contribution in [-0.4, -0.2) is 23.7 Å². The summed E-state index contributed by atoms with van der Waals surface area (Å²) in [5, 5.41) is 9.48. The van der Waals surface area contributed by atoms with Gasteiger partial charge in [0.05, 0.1) is 12.2 Å². The van der Waals surface area contributed by atoms with E-state index in [1.807, 2.05) is 0 Å². The van der Waals surface area contributed by atoms with E-state index < -0.39 is 0 Å². The molecule has 0 bridgehead atoms. The molecular formula is C10H15N3O2. The van der Waals surface area contributed by atoms with E-state index in [-0.39, 0.29) is 11.9 Å². The average Bonchev–Trinajstić information content (AvgIpc) is 2.70. The highest BCUT2D eigenvalue weighted by Crippen LogP contribution is 2.16. The lowest BCUT2D eigenvalue weighted by molar-refractivity contribution is -0.119. The van der Waals surface area contributed by atoms with Crippen LogP contribution < -0.4 is 10.6 Å². The first-order valence-corrected chi connectivity index (χ1v) is 5.19. The third kappa shape index (κ3) is 2.56. The quantitative estimate of drug-likeness (QED) is 0.762. The molecule has 2 atom stereocenters.